The fourth-order valence-corrected chi connectivity index (χ4v) is 3.51. The average Bonchev–Trinajstić information content (AvgIpc) is 2.55. The highest BCUT2D eigenvalue weighted by Gasteiger charge is 2.25. The maximum Gasteiger partial charge on any atom is 0.144 e. The summed E-state index contributed by atoms with van der Waals surface area (Å²) in [6.07, 6.45) is 3.77. The minimum Gasteiger partial charge on any atom is -0.207 e. The zero-order valence-corrected chi connectivity index (χ0v) is 13.2. The molecule has 1 aliphatic carbocycles. The van der Waals surface area contributed by atoms with Crippen LogP contribution in [0, 0.1) is 23.0 Å². The summed E-state index contributed by atoms with van der Waals surface area (Å²) in [5.41, 5.74) is 3.37. The number of halogens is 2. The Morgan fingerprint density at radius 1 is 1.22 bits per heavy atom. The molecule has 1 atom stereocenters. The van der Waals surface area contributed by atoms with Gasteiger partial charge in [0.25, 0.3) is 0 Å². The zero-order chi connectivity index (χ0) is 16.4. The minimum atomic E-state index is -0.401. The minimum absolute atomic E-state index is 0.0745. The van der Waals surface area contributed by atoms with Gasteiger partial charge in [-0.25, -0.2) is 8.78 Å². The third-order valence-electron chi connectivity index (χ3n) is 4.71. The normalized spacial score (nSPS) is 16.7. The van der Waals surface area contributed by atoms with E-state index in [0.717, 1.165) is 29.5 Å². The van der Waals surface area contributed by atoms with Crippen molar-refractivity contribution in [2.75, 3.05) is 0 Å². The summed E-state index contributed by atoms with van der Waals surface area (Å²) >= 11 is 0. The highest BCUT2D eigenvalue weighted by atomic mass is 19.1. The van der Waals surface area contributed by atoms with E-state index < -0.39 is 5.82 Å². The highest BCUT2D eigenvalue weighted by Crippen LogP contribution is 2.35. The standard InChI is InChI=1S/C20H19F2N/c1-2-3-13-4-8-17(19(21)10-13)14-7-9-18-15(11-14)5-6-16(12-23)20(18)22/h4-6,8,10,14H,2-3,7,9,11H2,1H3. The molecule has 1 unspecified atom stereocenters. The zero-order valence-electron chi connectivity index (χ0n) is 13.2. The van der Waals surface area contributed by atoms with Crippen LogP contribution in [0.4, 0.5) is 8.78 Å². The number of nitrogens with zero attached hydrogens (tertiary/aromatic N) is 1. The van der Waals surface area contributed by atoms with Crippen molar-refractivity contribution in [3.8, 4) is 6.07 Å². The molecule has 2 aromatic carbocycles. The van der Waals surface area contributed by atoms with E-state index in [4.69, 9.17) is 5.26 Å². The molecule has 0 aromatic heterocycles. The van der Waals surface area contributed by atoms with Crippen molar-refractivity contribution in [3.05, 3.63) is 69.8 Å². The Morgan fingerprint density at radius 3 is 2.74 bits per heavy atom. The smallest absolute Gasteiger partial charge is 0.144 e. The van der Waals surface area contributed by atoms with Crippen molar-refractivity contribution in [1.82, 2.24) is 0 Å². The van der Waals surface area contributed by atoms with Gasteiger partial charge < -0.3 is 0 Å². The fraction of sp³-hybridized carbons (Fsp3) is 0.350. The molecule has 0 bridgehead atoms. The fourth-order valence-electron chi connectivity index (χ4n) is 3.51. The molecule has 0 heterocycles. The van der Waals surface area contributed by atoms with Crippen LogP contribution in [0.5, 0.6) is 0 Å². The molecule has 0 saturated heterocycles. The lowest BCUT2D eigenvalue weighted by Crippen LogP contribution is -2.16. The summed E-state index contributed by atoms with van der Waals surface area (Å²) in [6, 6.07) is 10.7. The van der Waals surface area contributed by atoms with E-state index in [1.165, 1.54) is 6.07 Å². The van der Waals surface area contributed by atoms with Crippen LogP contribution in [0.2, 0.25) is 0 Å². The number of benzene rings is 2. The first kappa shape index (κ1) is 15.7. The van der Waals surface area contributed by atoms with Gasteiger partial charge in [0, 0.05) is 0 Å². The summed E-state index contributed by atoms with van der Waals surface area (Å²) in [4.78, 5) is 0. The van der Waals surface area contributed by atoms with Gasteiger partial charge in [0.15, 0.2) is 0 Å². The van der Waals surface area contributed by atoms with E-state index in [2.05, 4.69) is 6.92 Å². The van der Waals surface area contributed by atoms with E-state index in [9.17, 15) is 8.78 Å². The van der Waals surface area contributed by atoms with Gasteiger partial charge in [0.2, 0.25) is 0 Å². The van der Waals surface area contributed by atoms with E-state index in [0.29, 0.717) is 24.8 Å². The summed E-state index contributed by atoms with van der Waals surface area (Å²) < 4.78 is 28.6. The predicted molar refractivity (Wildman–Crippen MR) is 86.3 cm³/mol. The second kappa shape index (κ2) is 6.50. The molecule has 23 heavy (non-hydrogen) atoms. The van der Waals surface area contributed by atoms with Crippen molar-refractivity contribution in [3.63, 3.8) is 0 Å². The van der Waals surface area contributed by atoms with Crippen LogP contribution in [-0.2, 0) is 19.3 Å². The van der Waals surface area contributed by atoms with Crippen LogP contribution in [-0.4, -0.2) is 0 Å². The molecule has 1 aliphatic rings. The number of nitriles is 1. The van der Waals surface area contributed by atoms with Gasteiger partial charge in [0.1, 0.15) is 17.7 Å². The van der Waals surface area contributed by atoms with Gasteiger partial charge in [-0.1, -0.05) is 31.5 Å². The molecule has 0 amide bonds. The van der Waals surface area contributed by atoms with Crippen LogP contribution in [0.25, 0.3) is 0 Å². The molecule has 1 nitrogen and oxygen atoms in total. The van der Waals surface area contributed by atoms with E-state index in [1.54, 1.807) is 6.07 Å². The van der Waals surface area contributed by atoms with Crippen LogP contribution in [0.1, 0.15) is 53.5 Å². The maximum absolute atomic E-state index is 14.4. The molecule has 0 N–H and O–H groups in total. The van der Waals surface area contributed by atoms with Crippen molar-refractivity contribution in [2.45, 2.75) is 44.9 Å². The third-order valence-corrected chi connectivity index (χ3v) is 4.71. The van der Waals surface area contributed by atoms with Crippen LogP contribution < -0.4 is 0 Å². The lowest BCUT2D eigenvalue weighted by atomic mass is 9.79. The van der Waals surface area contributed by atoms with Crippen molar-refractivity contribution >= 4 is 0 Å². The Bertz CT molecular complexity index is 774. The second-order valence-electron chi connectivity index (χ2n) is 6.22. The average molecular weight is 311 g/mol. The van der Waals surface area contributed by atoms with Crippen LogP contribution in [0.15, 0.2) is 30.3 Å². The van der Waals surface area contributed by atoms with Gasteiger partial charge in [0.05, 0.1) is 5.56 Å². The first-order valence-electron chi connectivity index (χ1n) is 8.12. The summed E-state index contributed by atoms with van der Waals surface area (Å²) in [7, 11) is 0. The molecular weight excluding hydrogens is 292 g/mol. The Kier molecular flexibility index (Phi) is 4.43. The third kappa shape index (κ3) is 2.99. The highest BCUT2D eigenvalue weighted by molar-refractivity contribution is 5.43. The molecule has 0 fully saturated rings. The van der Waals surface area contributed by atoms with Gasteiger partial charge in [-0.3, -0.25) is 0 Å². The lowest BCUT2D eigenvalue weighted by molar-refractivity contribution is 0.513. The molecule has 118 valence electrons. The molecule has 2 aromatic rings. The van der Waals surface area contributed by atoms with Crippen molar-refractivity contribution < 1.29 is 8.78 Å². The quantitative estimate of drug-likeness (QED) is 0.777. The number of hydrogen-bond donors (Lipinski definition) is 0. The molecule has 0 saturated carbocycles. The van der Waals surface area contributed by atoms with Gasteiger partial charge in [-0.2, -0.15) is 5.26 Å². The summed E-state index contributed by atoms with van der Waals surface area (Å²) in [6.45, 7) is 2.08. The molecular formula is C20H19F2N. The molecule has 0 spiro atoms. The Hall–Kier alpha value is -2.21. The number of rotatable bonds is 3. The van der Waals surface area contributed by atoms with E-state index >= 15 is 0 Å². The summed E-state index contributed by atoms with van der Waals surface area (Å²) in [5, 5.41) is 8.92. The van der Waals surface area contributed by atoms with E-state index in [-0.39, 0.29) is 17.3 Å². The van der Waals surface area contributed by atoms with Crippen molar-refractivity contribution in [2.24, 2.45) is 0 Å². The van der Waals surface area contributed by atoms with E-state index in [1.807, 2.05) is 24.3 Å². The largest absolute Gasteiger partial charge is 0.207 e. The molecule has 0 radical (unpaired) electrons. The number of fused-ring (bicyclic) bond motifs is 1. The molecule has 3 rings (SSSR count). The summed E-state index contributed by atoms with van der Waals surface area (Å²) in [5.74, 6) is -0.480. The Balaban J connectivity index is 1.88. The second-order valence-corrected chi connectivity index (χ2v) is 6.22. The van der Waals surface area contributed by atoms with Crippen molar-refractivity contribution in [1.29, 1.82) is 5.26 Å². The molecule has 3 heteroatoms. The number of hydrogen-bond acceptors (Lipinski definition) is 1. The first-order valence-corrected chi connectivity index (χ1v) is 8.12. The Labute approximate surface area is 135 Å². The van der Waals surface area contributed by atoms with Gasteiger partial charge >= 0.3 is 0 Å². The number of aryl methyl sites for hydroxylation is 1. The monoisotopic (exact) mass is 311 g/mol. The van der Waals surface area contributed by atoms with Gasteiger partial charge in [-0.05, 0) is 66.0 Å². The molecule has 0 aliphatic heterocycles. The van der Waals surface area contributed by atoms with Gasteiger partial charge in [-0.15, -0.1) is 0 Å². The van der Waals surface area contributed by atoms with Crippen LogP contribution in [0.3, 0.4) is 0 Å². The first-order chi connectivity index (χ1) is 11.1. The maximum atomic E-state index is 14.4. The SMILES string of the molecule is CCCc1ccc(C2CCc3c(ccc(C#N)c3F)C2)c(F)c1. The lowest BCUT2D eigenvalue weighted by Gasteiger charge is -2.26. The predicted octanol–water partition coefficient (Wildman–Crippen LogP) is 5.06. The topological polar surface area (TPSA) is 23.8 Å². The Morgan fingerprint density at radius 2 is 2.04 bits per heavy atom. The van der Waals surface area contributed by atoms with Crippen LogP contribution >= 0.6 is 0 Å².